The van der Waals surface area contributed by atoms with Crippen molar-refractivity contribution in [3.05, 3.63) is 27.6 Å². The van der Waals surface area contributed by atoms with E-state index < -0.39 is 5.60 Å². The van der Waals surface area contributed by atoms with Crippen LogP contribution in [-0.4, -0.2) is 10.1 Å². The predicted molar refractivity (Wildman–Crippen MR) is 52.2 cm³/mol. The SMILES string of the molecule is CC(C)(O)c1ccc(I)cn1. The Balaban J connectivity index is 2.99. The lowest BCUT2D eigenvalue weighted by Gasteiger charge is -2.15. The van der Waals surface area contributed by atoms with Crippen LogP contribution in [0.1, 0.15) is 19.5 Å². The van der Waals surface area contributed by atoms with Crippen LogP contribution in [0.5, 0.6) is 0 Å². The maximum absolute atomic E-state index is 9.51. The topological polar surface area (TPSA) is 33.1 Å². The van der Waals surface area contributed by atoms with Gasteiger partial charge in [0.05, 0.1) is 5.69 Å². The molecule has 1 heterocycles. The van der Waals surface area contributed by atoms with E-state index in [1.54, 1.807) is 20.0 Å². The maximum atomic E-state index is 9.51. The molecule has 0 aromatic carbocycles. The molecule has 1 aromatic rings. The summed E-state index contributed by atoms with van der Waals surface area (Å²) in [7, 11) is 0. The minimum Gasteiger partial charge on any atom is -0.384 e. The summed E-state index contributed by atoms with van der Waals surface area (Å²) in [5.74, 6) is 0. The summed E-state index contributed by atoms with van der Waals surface area (Å²) in [5.41, 5.74) is -0.123. The first-order chi connectivity index (χ1) is 5.00. The highest BCUT2D eigenvalue weighted by atomic mass is 127. The molecule has 2 nitrogen and oxygen atoms in total. The normalized spacial score (nSPS) is 11.6. The molecule has 1 rings (SSSR count). The fourth-order valence-electron chi connectivity index (χ4n) is 0.738. The molecule has 0 aliphatic rings. The Hall–Kier alpha value is -0.160. The van der Waals surface area contributed by atoms with E-state index in [0.29, 0.717) is 5.69 Å². The van der Waals surface area contributed by atoms with Crippen LogP contribution in [0.15, 0.2) is 18.3 Å². The molecule has 0 saturated heterocycles. The summed E-state index contributed by atoms with van der Waals surface area (Å²) in [4.78, 5) is 4.09. The number of aliphatic hydroxyl groups is 1. The Labute approximate surface area is 79.8 Å². The highest BCUT2D eigenvalue weighted by Crippen LogP contribution is 2.17. The Morgan fingerprint density at radius 3 is 2.45 bits per heavy atom. The zero-order chi connectivity index (χ0) is 8.48. The number of rotatable bonds is 1. The van der Waals surface area contributed by atoms with Crippen molar-refractivity contribution in [2.75, 3.05) is 0 Å². The van der Waals surface area contributed by atoms with Crippen molar-refractivity contribution in [3.8, 4) is 0 Å². The third kappa shape index (κ3) is 2.41. The van der Waals surface area contributed by atoms with Gasteiger partial charge in [-0.15, -0.1) is 0 Å². The number of halogens is 1. The fraction of sp³-hybridized carbons (Fsp3) is 0.375. The van der Waals surface area contributed by atoms with Crippen molar-refractivity contribution in [1.29, 1.82) is 0 Å². The summed E-state index contributed by atoms with van der Waals surface area (Å²) in [6.07, 6.45) is 1.74. The molecule has 0 atom stereocenters. The molecule has 1 aromatic heterocycles. The van der Waals surface area contributed by atoms with Crippen LogP contribution < -0.4 is 0 Å². The second-order valence-electron chi connectivity index (χ2n) is 2.92. The summed E-state index contributed by atoms with van der Waals surface area (Å²) in [6, 6.07) is 3.77. The van der Waals surface area contributed by atoms with Crippen LogP contribution >= 0.6 is 22.6 Å². The summed E-state index contributed by atoms with van der Waals surface area (Å²) in [6.45, 7) is 3.45. The third-order valence-corrected chi connectivity index (χ3v) is 1.99. The number of pyridine rings is 1. The predicted octanol–water partition coefficient (Wildman–Crippen LogP) is 1.91. The van der Waals surface area contributed by atoms with Crippen LogP contribution in [0.3, 0.4) is 0 Å². The number of nitrogens with zero attached hydrogens (tertiary/aromatic N) is 1. The van der Waals surface area contributed by atoms with Crippen molar-refractivity contribution < 1.29 is 5.11 Å². The van der Waals surface area contributed by atoms with E-state index in [4.69, 9.17) is 0 Å². The van der Waals surface area contributed by atoms with E-state index in [-0.39, 0.29) is 0 Å². The number of hydrogen-bond acceptors (Lipinski definition) is 2. The molecule has 0 unspecified atom stereocenters. The average molecular weight is 263 g/mol. The Bertz CT molecular complexity index is 237. The van der Waals surface area contributed by atoms with Crippen LogP contribution in [0.2, 0.25) is 0 Å². The second kappa shape index (κ2) is 3.06. The molecule has 0 aliphatic heterocycles. The molecule has 1 N–H and O–H groups in total. The minimum atomic E-state index is -0.829. The van der Waals surface area contributed by atoms with E-state index in [1.807, 2.05) is 12.1 Å². The van der Waals surface area contributed by atoms with Gasteiger partial charge in [-0.3, -0.25) is 4.98 Å². The largest absolute Gasteiger partial charge is 0.384 e. The number of aromatic nitrogens is 1. The molecule has 3 heteroatoms. The Morgan fingerprint density at radius 2 is 2.09 bits per heavy atom. The van der Waals surface area contributed by atoms with Gasteiger partial charge in [0.1, 0.15) is 5.60 Å². The molecular weight excluding hydrogens is 253 g/mol. The van der Waals surface area contributed by atoms with Gasteiger partial charge in [0.15, 0.2) is 0 Å². The lowest BCUT2D eigenvalue weighted by atomic mass is 10.1. The average Bonchev–Trinajstić information content (AvgIpc) is 1.86. The first-order valence-corrected chi connectivity index (χ1v) is 4.42. The Kier molecular flexibility index (Phi) is 2.49. The standard InChI is InChI=1S/C8H10INO/c1-8(2,11)7-4-3-6(9)5-10-7/h3-5,11H,1-2H3. The van der Waals surface area contributed by atoms with Gasteiger partial charge < -0.3 is 5.11 Å². The quantitative estimate of drug-likeness (QED) is 0.785. The summed E-state index contributed by atoms with van der Waals surface area (Å²) >= 11 is 2.18. The zero-order valence-corrected chi connectivity index (χ0v) is 8.66. The van der Waals surface area contributed by atoms with Crippen molar-refractivity contribution >= 4 is 22.6 Å². The minimum absolute atomic E-state index is 0.706. The van der Waals surface area contributed by atoms with Crippen LogP contribution in [0.4, 0.5) is 0 Å². The molecule has 0 fully saturated rings. The van der Waals surface area contributed by atoms with Crippen LogP contribution in [-0.2, 0) is 5.60 Å². The van der Waals surface area contributed by atoms with Gasteiger partial charge in [0.25, 0.3) is 0 Å². The molecular formula is C8H10INO. The highest BCUT2D eigenvalue weighted by Gasteiger charge is 2.16. The van der Waals surface area contributed by atoms with E-state index in [9.17, 15) is 5.11 Å². The molecule has 0 radical (unpaired) electrons. The van der Waals surface area contributed by atoms with Gasteiger partial charge in [-0.1, -0.05) is 0 Å². The van der Waals surface area contributed by atoms with Gasteiger partial charge in [0.2, 0.25) is 0 Å². The molecule has 0 bridgehead atoms. The molecule has 0 amide bonds. The molecule has 60 valence electrons. The smallest absolute Gasteiger partial charge is 0.101 e. The molecule has 11 heavy (non-hydrogen) atoms. The first kappa shape index (κ1) is 8.93. The van der Waals surface area contributed by atoms with Crippen molar-refractivity contribution in [1.82, 2.24) is 4.98 Å². The van der Waals surface area contributed by atoms with Gasteiger partial charge in [-0.2, -0.15) is 0 Å². The maximum Gasteiger partial charge on any atom is 0.101 e. The second-order valence-corrected chi connectivity index (χ2v) is 4.17. The van der Waals surface area contributed by atoms with Gasteiger partial charge in [-0.25, -0.2) is 0 Å². The molecule has 0 spiro atoms. The lowest BCUT2D eigenvalue weighted by Crippen LogP contribution is -2.17. The van der Waals surface area contributed by atoms with Crippen LogP contribution in [0.25, 0.3) is 0 Å². The fourth-order valence-corrected chi connectivity index (χ4v) is 1.06. The third-order valence-electron chi connectivity index (χ3n) is 1.35. The molecule has 0 saturated carbocycles. The lowest BCUT2D eigenvalue weighted by molar-refractivity contribution is 0.0738. The van der Waals surface area contributed by atoms with Gasteiger partial charge in [-0.05, 0) is 48.6 Å². The van der Waals surface area contributed by atoms with Crippen molar-refractivity contribution in [2.45, 2.75) is 19.4 Å². The first-order valence-electron chi connectivity index (χ1n) is 3.34. The van der Waals surface area contributed by atoms with E-state index >= 15 is 0 Å². The summed E-state index contributed by atoms with van der Waals surface area (Å²) in [5, 5.41) is 9.51. The van der Waals surface area contributed by atoms with Gasteiger partial charge >= 0.3 is 0 Å². The number of hydrogen-bond donors (Lipinski definition) is 1. The van der Waals surface area contributed by atoms with E-state index in [1.165, 1.54) is 0 Å². The van der Waals surface area contributed by atoms with Gasteiger partial charge in [0, 0.05) is 9.77 Å². The van der Waals surface area contributed by atoms with E-state index in [0.717, 1.165) is 3.57 Å². The highest BCUT2D eigenvalue weighted by molar-refractivity contribution is 14.1. The molecule has 0 aliphatic carbocycles. The zero-order valence-electron chi connectivity index (χ0n) is 6.50. The van der Waals surface area contributed by atoms with Crippen LogP contribution in [0, 0.1) is 3.57 Å². The monoisotopic (exact) mass is 263 g/mol. The van der Waals surface area contributed by atoms with Crippen molar-refractivity contribution in [2.24, 2.45) is 0 Å². The van der Waals surface area contributed by atoms with Crippen molar-refractivity contribution in [3.63, 3.8) is 0 Å². The van der Waals surface area contributed by atoms with E-state index in [2.05, 4.69) is 27.6 Å². The Morgan fingerprint density at radius 1 is 1.45 bits per heavy atom. The summed E-state index contributed by atoms with van der Waals surface area (Å²) < 4.78 is 1.08.